The van der Waals surface area contributed by atoms with Gasteiger partial charge in [-0.3, -0.25) is 0 Å². The molecule has 0 heterocycles. The van der Waals surface area contributed by atoms with Crippen molar-refractivity contribution in [3.8, 4) is 6.07 Å². The summed E-state index contributed by atoms with van der Waals surface area (Å²) in [4.78, 5) is 0. The number of hydrogen-bond donors (Lipinski definition) is 1. The Balaban J connectivity index is 2.00. The first-order valence-corrected chi connectivity index (χ1v) is 6.46. The summed E-state index contributed by atoms with van der Waals surface area (Å²) in [5, 5.41) is 14.9. The Kier molecular flexibility index (Phi) is 2.68. The fourth-order valence-corrected chi connectivity index (χ4v) is 2.76. The highest BCUT2D eigenvalue weighted by atomic mass is 14.9. The Labute approximate surface area is 107 Å². The van der Waals surface area contributed by atoms with E-state index < -0.39 is 0 Å². The van der Waals surface area contributed by atoms with Gasteiger partial charge in [-0.25, -0.2) is 0 Å². The summed E-state index contributed by atoms with van der Waals surface area (Å²) in [5.41, 5.74) is 1.90. The van der Waals surface area contributed by atoms with E-state index in [-0.39, 0.29) is 0 Å². The molecule has 0 atom stereocenters. The minimum atomic E-state index is 0.594. The average molecular weight is 236 g/mol. The second-order valence-electron chi connectivity index (χ2n) is 5.24. The molecule has 1 fully saturated rings. The van der Waals surface area contributed by atoms with Crippen LogP contribution in [0, 0.1) is 17.2 Å². The monoisotopic (exact) mass is 236 g/mol. The number of fused-ring (bicyclic) bond motifs is 1. The molecule has 2 aromatic carbocycles. The van der Waals surface area contributed by atoms with Gasteiger partial charge in [-0.15, -0.1) is 0 Å². The topological polar surface area (TPSA) is 35.8 Å². The lowest BCUT2D eigenvalue weighted by Crippen LogP contribution is -2.33. The van der Waals surface area contributed by atoms with Gasteiger partial charge in [0.15, 0.2) is 0 Å². The molecule has 2 aromatic rings. The van der Waals surface area contributed by atoms with Gasteiger partial charge in [-0.05, 0) is 30.9 Å². The average Bonchev–Trinajstić information content (AvgIpc) is 2.37. The predicted octanol–water partition coefficient (Wildman–Crippen LogP) is 3.92. The number of anilines is 1. The molecule has 0 aliphatic heterocycles. The van der Waals surface area contributed by atoms with Crippen molar-refractivity contribution in [2.24, 2.45) is 5.92 Å². The zero-order chi connectivity index (χ0) is 12.5. The van der Waals surface area contributed by atoms with Crippen molar-refractivity contribution in [3.63, 3.8) is 0 Å². The third-order valence-corrected chi connectivity index (χ3v) is 3.78. The zero-order valence-electron chi connectivity index (χ0n) is 10.5. The Bertz CT molecular complexity index is 619. The Morgan fingerprint density at radius 3 is 2.50 bits per heavy atom. The molecule has 1 aliphatic rings. The molecule has 0 unspecified atom stereocenters. The van der Waals surface area contributed by atoms with Crippen molar-refractivity contribution in [1.29, 1.82) is 5.26 Å². The molecule has 0 radical (unpaired) electrons. The lowest BCUT2D eigenvalue weighted by Gasteiger charge is -2.34. The van der Waals surface area contributed by atoms with Crippen LogP contribution >= 0.6 is 0 Å². The summed E-state index contributed by atoms with van der Waals surface area (Å²) in [5.74, 6) is 0.840. The largest absolute Gasteiger partial charge is 0.382 e. The minimum absolute atomic E-state index is 0.594. The lowest BCUT2D eigenvalue weighted by molar-refractivity contribution is 0.309. The van der Waals surface area contributed by atoms with Crippen LogP contribution in [0.4, 0.5) is 5.69 Å². The van der Waals surface area contributed by atoms with E-state index >= 15 is 0 Å². The number of benzene rings is 2. The summed E-state index contributed by atoms with van der Waals surface area (Å²) in [7, 11) is 0. The van der Waals surface area contributed by atoms with E-state index in [1.54, 1.807) is 0 Å². The van der Waals surface area contributed by atoms with Gasteiger partial charge in [0.25, 0.3) is 0 Å². The van der Waals surface area contributed by atoms with Crippen molar-refractivity contribution in [2.45, 2.75) is 25.8 Å². The van der Waals surface area contributed by atoms with Gasteiger partial charge in [0.05, 0.1) is 11.6 Å². The summed E-state index contributed by atoms with van der Waals surface area (Å²) in [6, 6.07) is 14.9. The molecular weight excluding hydrogens is 220 g/mol. The highest BCUT2D eigenvalue weighted by Crippen LogP contribution is 2.33. The van der Waals surface area contributed by atoms with Gasteiger partial charge in [0.1, 0.15) is 0 Å². The second-order valence-corrected chi connectivity index (χ2v) is 5.24. The van der Waals surface area contributed by atoms with E-state index in [4.69, 9.17) is 5.26 Å². The molecule has 18 heavy (non-hydrogen) atoms. The van der Waals surface area contributed by atoms with E-state index in [1.165, 1.54) is 12.8 Å². The molecule has 0 bridgehead atoms. The first-order valence-electron chi connectivity index (χ1n) is 6.46. The summed E-state index contributed by atoms with van der Waals surface area (Å²) < 4.78 is 0. The van der Waals surface area contributed by atoms with Crippen LogP contribution in [0.2, 0.25) is 0 Å². The molecular formula is C16H16N2. The van der Waals surface area contributed by atoms with Crippen molar-refractivity contribution in [2.75, 3.05) is 5.32 Å². The SMILES string of the molecule is CC1CC(Nc2ccc(C#N)c3ccccc23)C1. The molecule has 1 saturated carbocycles. The molecule has 1 N–H and O–H groups in total. The van der Waals surface area contributed by atoms with Crippen molar-refractivity contribution < 1.29 is 0 Å². The van der Waals surface area contributed by atoms with Crippen LogP contribution in [0.3, 0.4) is 0 Å². The van der Waals surface area contributed by atoms with Gasteiger partial charge < -0.3 is 5.32 Å². The fourth-order valence-electron chi connectivity index (χ4n) is 2.76. The smallest absolute Gasteiger partial charge is 0.0998 e. The van der Waals surface area contributed by atoms with E-state index in [1.807, 2.05) is 30.3 Å². The second kappa shape index (κ2) is 4.34. The van der Waals surface area contributed by atoms with Crippen LogP contribution in [-0.4, -0.2) is 6.04 Å². The molecule has 0 amide bonds. The predicted molar refractivity (Wildman–Crippen MR) is 74.5 cm³/mol. The normalized spacial score (nSPS) is 22.2. The number of nitrogens with zero attached hydrogens (tertiary/aromatic N) is 1. The molecule has 2 heteroatoms. The first kappa shape index (κ1) is 11.1. The number of nitriles is 1. The highest BCUT2D eigenvalue weighted by Gasteiger charge is 2.25. The Morgan fingerprint density at radius 1 is 1.11 bits per heavy atom. The fraction of sp³-hybridized carbons (Fsp3) is 0.312. The molecule has 3 rings (SSSR count). The third kappa shape index (κ3) is 1.82. The van der Waals surface area contributed by atoms with Crippen LogP contribution < -0.4 is 5.32 Å². The van der Waals surface area contributed by atoms with Gasteiger partial charge in [0.2, 0.25) is 0 Å². The van der Waals surface area contributed by atoms with Crippen LogP contribution in [0.1, 0.15) is 25.3 Å². The molecule has 0 saturated heterocycles. The van der Waals surface area contributed by atoms with E-state index in [0.29, 0.717) is 6.04 Å². The molecule has 0 spiro atoms. The highest BCUT2D eigenvalue weighted by molar-refractivity contribution is 5.97. The molecule has 90 valence electrons. The van der Waals surface area contributed by atoms with Gasteiger partial charge >= 0.3 is 0 Å². The van der Waals surface area contributed by atoms with Crippen molar-refractivity contribution in [1.82, 2.24) is 0 Å². The number of nitrogens with one attached hydrogen (secondary N) is 1. The first-order chi connectivity index (χ1) is 8.78. The quantitative estimate of drug-likeness (QED) is 0.857. The molecule has 1 aliphatic carbocycles. The summed E-state index contributed by atoms with van der Waals surface area (Å²) >= 11 is 0. The molecule has 2 nitrogen and oxygen atoms in total. The Morgan fingerprint density at radius 2 is 1.83 bits per heavy atom. The van der Waals surface area contributed by atoms with Crippen molar-refractivity contribution >= 4 is 16.5 Å². The lowest BCUT2D eigenvalue weighted by atomic mass is 9.81. The summed E-state index contributed by atoms with van der Waals surface area (Å²) in [6.45, 7) is 2.29. The zero-order valence-corrected chi connectivity index (χ0v) is 10.5. The van der Waals surface area contributed by atoms with Crippen molar-refractivity contribution in [3.05, 3.63) is 42.0 Å². The maximum absolute atomic E-state index is 9.13. The minimum Gasteiger partial charge on any atom is -0.382 e. The van der Waals surface area contributed by atoms with E-state index in [2.05, 4.69) is 24.4 Å². The van der Waals surface area contributed by atoms with Crippen LogP contribution in [0.25, 0.3) is 10.8 Å². The number of rotatable bonds is 2. The maximum atomic E-state index is 9.13. The standard InChI is InChI=1S/C16H16N2/c1-11-8-13(9-11)18-16-7-6-12(10-17)14-4-2-3-5-15(14)16/h2-7,11,13,18H,8-9H2,1H3. The number of hydrogen-bond acceptors (Lipinski definition) is 2. The van der Waals surface area contributed by atoms with Gasteiger partial charge in [-0.1, -0.05) is 31.2 Å². The van der Waals surface area contributed by atoms with Crippen LogP contribution in [-0.2, 0) is 0 Å². The molecule has 0 aromatic heterocycles. The Hall–Kier alpha value is -2.01. The van der Waals surface area contributed by atoms with Gasteiger partial charge in [-0.2, -0.15) is 5.26 Å². The van der Waals surface area contributed by atoms with E-state index in [9.17, 15) is 0 Å². The third-order valence-electron chi connectivity index (χ3n) is 3.78. The van der Waals surface area contributed by atoms with E-state index in [0.717, 1.165) is 27.9 Å². The summed E-state index contributed by atoms with van der Waals surface area (Å²) in [6.07, 6.45) is 2.49. The van der Waals surface area contributed by atoms with Crippen LogP contribution in [0.5, 0.6) is 0 Å². The van der Waals surface area contributed by atoms with Crippen LogP contribution in [0.15, 0.2) is 36.4 Å². The van der Waals surface area contributed by atoms with Gasteiger partial charge in [0, 0.05) is 22.5 Å². The maximum Gasteiger partial charge on any atom is 0.0998 e.